The lowest BCUT2D eigenvalue weighted by molar-refractivity contribution is -0.0424. The smallest absolute Gasteiger partial charge is 0.322 e. The number of pyridine rings is 1. The second-order valence-electron chi connectivity index (χ2n) is 8.32. The van der Waals surface area contributed by atoms with Crippen LogP contribution in [0, 0.1) is 0 Å². The van der Waals surface area contributed by atoms with Gasteiger partial charge in [0, 0.05) is 48.4 Å². The second-order valence-corrected chi connectivity index (χ2v) is 8.32. The van der Waals surface area contributed by atoms with Gasteiger partial charge in [-0.05, 0) is 30.5 Å². The predicted molar refractivity (Wildman–Crippen MR) is 117 cm³/mol. The summed E-state index contributed by atoms with van der Waals surface area (Å²) >= 11 is 0. The molecule has 3 aromatic rings. The first kappa shape index (κ1) is 18.8. The number of hydrogen-bond acceptors (Lipinski definition) is 3. The van der Waals surface area contributed by atoms with Crippen molar-refractivity contribution >= 4 is 11.7 Å². The Labute approximate surface area is 176 Å². The van der Waals surface area contributed by atoms with Crippen molar-refractivity contribution in [3.63, 3.8) is 0 Å². The van der Waals surface area contributed by atoms with E-state index >= 15 is 0 Å². The molecule has 2 atom stereocenters. The predicted octanol–water partition coefficient (Wildman–Crippen LogP) is 4.80. The number of nitrogens with zero attached hydrogens (tertiary/aromatic N) is 2. The van der Waals surface area contributed by atoms with Crippen molar-refractivity contribution in [1.82, 2.24) is 9.88 Å². The number of anilines is 1. The third-order valence-corrected chi connectivity index (χ3v) is 6.45. The highest BCUT2D eigenvalue weighted by Gasteiger charge is 2.50. The zero-order chi connectivity index (χ0) is 20.6. The van der Waals surface area contributed by atoms with Crippen LogP contribution in [0.1, 0.15) is 31.2 Å². The third-order valence-electron chi connectivity index (χ3n) is 6.45. The number of carbonyl (C=O) groups is 1. The highest BCUT2D eigenvalue weighted by Crippen LogP contribution is 2.45. The number of piperidine rings is 1. The van der Waals surface area contributed by atoms with Crippen LogP contribution in [0.25, 0.3) is 11.1 Å². The summed E-state index contributed by atoms with van der Waals surface area (Å²) in [5.41, 5.74) is 2.81. The molecule has 5 nitrogen and oxygen atoms in total. The molecule has 2 aliphatic heterocycles. The zero-order valence-corrected chi connectivity index (χ0v) is 16.7. The van der Waals surface area contributed by atoms with Crippen LogP contribution in [0.5, 0.6) is 0 Å². The van der Waals surface area contributed by atoms with Gasteiger partial charge < -0.3 is 15.3 Å². The summed E-state index contributed by atoms with van der Waals surface area (Å²) < 4.78 is 0. The Balaban J connectivity index is 1.37. The van der Waals surface area contributed by atoms with Crippen molar-refractivity contribution < 1.29 is 9.90 Å². The Hall–Kier alpha value is -3.18. The van der Waals surface area contributed by atoms with E-state index in [1.54, 1.807) is 12.4 Å². The maximum atomic E-state index is 13.3. The molecule has 3 heterocycles. The number of aromatic nitrogens is 1. The summed E-state index contributed by atoms with van der Waals surface area (Å²) in [5.74, 6) is 0. The monoisotopic (exact) mass is 399 g/mol. The molecule has 0 spiro atoms. The van der Waals surface area contributed by atoms with Gasteiger partial charge in [0.15, 0.2) is 0 Å². The highest BCUT2D eigenvalue weighted by atomic mass is 16.3. The molecule has 2 fully saturated rings. The van der Waals surface area contributed by atoms with E-state index in [0.29, 0.717) is 12.8 Å². The Morgan fingerprint density at radius 3 is 2.37 bits per heavy atom. The van der Waals surface area contributed by atoms with Crippen molar-refractivity contribution in [2.45, 2.75) is 43.4 Å². The molecule has 152 valence electrons. The molecule has 2 aliphatic rings. The lowest BCUT2D eigenvalue weighted by atomic mass is 9.81. The maximum absolute atomic E-state index is 13.3. The summed E-state index contributed by atoms with van der Waals surface area (Å²) in [7, 11) is 0. The van der Waals surface area contributed by atoms with Crippen LogP contribution in [-0.4, -0.2) is 33.1 Å². The average Bonchev–Trinajstić information content (AvgIpc) is 3.07. The van der Waals surface area contributed by atoms with E-state index in [1.807, 2.05) is 71.6 Å². The van der Waals surface area contributed by atoms with Crippen LogP contribution < -0.4 is 5.32 Å². The largest absolute Gasteiger partial charge is 0.385 e. The van der Waals surface area contributed by atoms with E-state index in [9.17, 15) is 9.90 Å². The minimum Gasteiger partial charge on any atom is -0.385 e. The molecule has 2 aromatic carbocycles. The van der Waals surface area contributed by atoms with Crippen molar-refractivity contribution in [1.29, 1.82) is 0 Å². The lowest BCUT2D eigenvalue weighted by Crippen LogP contribution is -2.53. The molecule has 0 saturated carbocycles. The number of rotatable bonds is 3. The van der Waals surface area contributed by atoms with Crippen LogP contribution in [0.3, 0.4) is 0 Å². The third kappa shape index (κ3) is 3.35. The Bertz CT molecular complexity index is 1020. The van der Waals surface area contributed by atoms with Crippen LogP contribution >= 0.6 is 0 Å². The minimum absolute atomic E-state index is 0.0258. The van der Waals surface area contributed by atoms with E-state index in [1.165, 1.54) is 0 Å². The molecule has 2 N–H and O–H groups in total. The summed E-state index contributed by atoms with van der Waals surface area (Å²) in [6.07, 6.45) is 6.38. The number of hydrogen-bond donors (Lipinski definition) is 2. The number of benzene rings is 2. The zero-order valence-electron chi connectivity index (χ0n) is 16.7. The van der Waals surface area contributed by atoms with Gasteiger partial charge in [0.2, 0.25) is 0 Å². The summed E-state index contributed by atoms with van der Waals surface area (Å²) in [6.45, 7) is 0. The van der Waals surface area contributed by atoms with E-state index in [2.05, 4.69) is 10.3 Å². The molecule has 2 bridgehead atoms. The van der Waals surface area contributed by atoms with Crippen LogP contribution in [0.2, 0.25) is 0 Å². The Morgan fingerprint density at radius 1 is 0.967 bits per heavy atom. The SMILES string of the molecule is O=C(Nc1ccccc1-c1ccccc1)N1C2CCC1CC(O)(c1cccnc1)C2. The van der Waals surface area contributed by atoms with E-state index in [4.69, 9.17) is 0 Å². The molecule has 2 unspecified atom stereocenters. The fraction of sp³-hybridized carbons (Fsp3) is 0.280. The van der Waals surface area contributed by atoms with Gasteiger partial charge in [-0.25, -0.2) is 4.79 Å². The molecule has 5 rings (SSSR count). The van der Waals surface area contributed by atoms with Crippen LogP contribution in [0.4, 0.5) is 10.5 Å². The van der Waals surface area contributed by atoms with E-state index in [-0.39, 0.29) is 18.1 Å². The van der Waals surface area contributed by atoms with Crippen LogP contribution in [0.15, 0.2) is 79.1 Å². The molecule has 0 radical (unpaired) electrons. The van der Waals surface area contributed by atoms with Crippen LogP contribution in [-0.2, 0) is 5.60 Å². The van der Waals surface area contributed by atoms with Crippen molar-refractivity contribution in [3.8, 4) is 11.1 Å². The molecule has 2 amide bonds. The van der Waals surface area contributed by atoms with Crippen molar-refractivity contribution in [3.05, 3.63) is 84.7 Å². The Morgan fingerprint density at radius 2 is 1.67 bits per heavy atom. The quantitative estimate of drug-likeness (QED) is 0.665. The van der Waals surface area contributed by atoms with E-state index < -0.39 is 5.60 Å². The second kappa shape index (κ2) is 7.58. The molecular weight excluding hydrogens is 374 g/mol. The summed E-state index contributed by atoms with van der Waals surface area (Å²) in [6, 6.07) is 21.7. The lowest BCUT2D eigenvalue weighted by Gasteiger charge is -2.43. The van der Waals surface area contributed by atoms with Gasteiger partial charge in [-0.1, -0.05) is 54.6 Å². The van der Waals surface area contributed by atoms with Crippen molar-refractivity contribution in [2.75, 3.05) is 5.32 Å². The first-order chi connectivity index (χ1) is 14.6. The maximum Gasteiger partial charge on any atom is 0.322 e. The number of urea groups is 1. The standard InChI is InChI=1S/C25H25N3O2/c29-24(27-23-11-5-4-10-22(23)18-7-2-1-3-8-18)28-20-12-13-21(28)16-25(30,15-20)19-9-6-14-26-17-19/h1-11,14,17,20-21,30H,12-13,15-16H2,(H,27,29). The van der Waals surface area contributed by atoms with Gasteiger partial charge in [0.05, 0.1) is 11.3 Å². The van der Waals surface area contributed by atoms with E-state index in [0.717, 1.165) is 35.2 Å². The van der Waals surface area contributed by atoms with Crippen molar-refractivity contribution in [2.24, 2.45) is 0 Å². The van der Waals surface area contributed by atoms with Gasteiger partial charge in [-0.3, -0.25) is 4.98 Å². The normalized spacial score (nSPS) is 25.2. The molecule has 2 saturated heterocycles. The fourth-order valence-electron chi connectivity index (χ4n) is 5.07. The first-order valence-corrected chi connectivity index (χ1v) is 10.5. The molecular formula is C25H25N3O2. The summed E-state index contributed by atoms with van der Waals surface area (Å²) in [5, 5.41) is 14.4. The minimum atomic E-state index is -0.918. The fourth-order valence-corrected chi connectivity index (χ4v) is 5.07. The first-order valence-electron chi connectivity index (χ1n) is 10.5. The van der Waals surface area contributed by atoms with Gasteiger partial charge >= 0.3 is 6.03 Å². The molecule has 1 aromatic heterocycles. The molecule has 0 aliphatic carbocycles. The Kier molecular flexibility index (Phi) is 4.75. The number of aliphatic hydroxyl groups is 1. The van der Waals surface area contributed by atoms with Gasteiger partial charge in [-0.2, -0.15) is 0 Å². The number of carbonyl (C=O) groups excluding carboxylic acids is 1. The highest BCUT2D eigenvalue weighted by molar-refractivity contribution is 5.95. The van der Waals surface area contributed by atoms with Gasteiger partial charge in [0.25, 0.3) is 0 Å². The average molecular weight is 399 g/mol. The topological polar surface area (TPSA) is 65.5 Å². The number of para-hydroxylation sites is 1. The summed E-state index contributed by atoms with van der Waals surface area (Å²) in [4.78, 5) is 19.4. The number of amides is 2. The van der Waals surface area contributed by atoms with Gasteiger partial charge in [0.1, 0.15) is 0 Å². The molecule has 30 heavy (non-hydrogen) atoms. The number of nitrogens with one attached hydrogen (secondary N) is 1. The molecule has 5 heteroatoms. The number of fused-ring (bicyclic) bond motifs is 2. The van der Waals surface area contributed by atoms with Gasteiger partial charge in [-0.15, -0.1) is 0 Å².